The number of benzene rings is 1. The molecule has 0 aliphatic carbocycles. The first-order valence-electron chi connectivity index (χ1n) is 5.45. The SMILES string of the molecule is Cc1cc(C)cc(CSc2ncccc2Br)c1. The molecule has 0 amide bonds. The van der Waals surface area contributed by atoms with Gasteiger partial charge in [-0.15, -0.1) is 11.8 Å². The fourth-order valence-corrected chi connectivity index (χ4v) is 3.19. The molecule has 1 aromatic heterocycles. The Morgan fingerprint density at radius 3 is 2.53 bits per heavy atom. The van der Waals surface area contributed by atoms with Crippen molar-refractivity contribution in [1.29, 1.82) is 0 Å². The molecule has 1 heterocycles. The predicted octanol–water partition coefficient (Wildman–Crippen LogP) is 4.75. The van der Waals surface area contributed by atoms with Gasteiger partial charge in [0.25, 0.3) is 0 Å². The second kappa shape index (κ2) is 5.69. The Kier molecular flexibility index (Phi) is 4.24. The molecule has 2 aromatic rings. The van der Waals surface area contributed by atoms with Crippen molar-refractivity contribution in [2.24, 2.45) is 0 Å². The minimum atomic E-state index is 0.956. The van der Waals surface area contributed by atoms with E-state index in [2.05, 4.69) is 53.0 Å². The summed E-state index contributed by atoms with van der Waals surface area (Å²) < 4.78 is 1.06. The lowest BCUT2D eigenvalue weighted by molar-refractivity contribution is 1.11. The Bertz CT molecular complexity index is 505. The van der Waals surface area contributed by atoms with E-state index < -0.39 is 0 Å². The molecular weight excluding hydrogens is 294 g/mol. The topological polar surface area (TPSA) is 12.9 Å². The average Bonchev–Trinajstić information content (AvgIpc) is 2.27. The molecule has 0 aliphatic rings. The van der Waals surface area contributed by atoms with E-state index >= 15 is 0 Å². The molecular formula is C14H14BrNS. The number of rotatable bonds is 3. The molecule has 17 heavy (non-hydrogen) atoms. The lowest BCUT2D eigenvalue weighted by Crippen LogP contribution is -1.87. The molecule has 0 atom stereocenters. The van der Waals surface area contributed by atoms with Gasteiger partial charge in [-0.2, -0.15) is 0 Å². The van der Waals surface area contributed by atoms with Crippen LogP contribution in [-0.2, 0) is 5.75 Å². The Morgan fingerprint density at radius 2 is 1.88 bits per heavy atom. The maximum absolute atomic E-state index is 4.35. The van der Waals surface area contributed by atoms with E-state index in [1.165, 1.54) is 16.7 Å². The standard InChI is InChI=1S/C14H14BrNS/c1-10-6-11(2)8-12(7-10)9-17-14-13(15)4-3-5-16-14/h3-8H,9H2,1-2H3. The predicted molar refractivity (Wildman–Crippen MR) is 77.4 cm³/mol. The monoisotopic (exact) mass is 307 g/mol. The third kappa shape index (κ3) is 3.58. The summed E-state index contributed by atoms with van der Waals surface area (Å²) in [6, 6.07) is 10.6. The number of pyridine rings is 1. The van der Waals surface area contributed by atoms with Crippen LogP contribution in [0.5, 0.6) is 0 Å². The largest absolute Gasteiger partial charge is 0.249 e. The molecule has 88 valence electrons. The van der Waals surface area contributed by atoms with E-state index in [1.54, 1.807) is 11.8 Å². The van der Waals surface area contributed by atoms with Crippen LogP contribution in [0.25, 0.3) is 0 Å². The summed E-state index contributed by atoms with van der Waals surface area (Å²) in [5, 5.41) is 1.05. The van der Waals surface area contributed by atoms with Gasteiger partial charge in [-0.05, 0) is 47.5 Å². The second-order valence-corrected chi connectivity index (χ2v) is 5.89. The van der Waals surface area contributed by atoms with Gasteiger partial charge in [0, 0.05) is 16.4 Å². The highest BCUT2D eigenvalue weighted by Crippen LogP contribution is 2.28. The van der Waals surface area contributed by atoms with Gasteiger partial charge in [0.05, 0.1) is 0 Å². The molecule has 1 nitrogen and oxygen atoms in total. The Labute approximate surface area is 115 Å². The van der Waals surface area contributed by atoms with Gasteiger partial charge >= 0.3 is 0 Å². The summed E-state index contributed by atoms with van der Waals surface area (Å²) in [5.41, 5.74) is 3.99. The smallest absolute Gasteiger partial charge is 0.110 e. The van der Waals surface area contributed by atoms with E-state index in [0.717, 1.165) is 15.3 Å². The van der Waals surface area contributed by atoms with E-state index in [-0.39, 0.29) is 0 Å². The molecule has 0 spiro atoms. The van der Waals surface area contributed by atoms with Crippen molar-refractivity contribution < 1.29 is 0 Å². The molecule has 3 heteroatoms. The summed E-state index contributed by atoms with van der Waals surface area (Å²) in [6.07, 6.45) is 1.83. The van der Waals surface area contributed by atoms with Crippen molar-refractivity contribution >= 4 is 27.7 Å². The third-order valence-corrected chi connectivity index (χ3v) is 4.36. The van der Waals surface area contributed by atoms with Crippen LogP contribution in [0.4, 0.5) is 0 Å². The van der Waals surface area contributed by atoms with Crippen LogP contribution in [0.2, 0.25) is 0 Å². The molecule has 0 N–H and O–H groups in total. The van der Waals surface area contributed by atoms with Crippen molar-refractivity contribution in [1.82, 2.24) is 4.98 Å². The maximum atomic E-state index is 4.35. The lowest BCUT2D eigenvalue weighted by Gasteiger charge is -2.05. The van der Waals surface area contributed by atoms with E-state index in [4.69, 9.17) is 0 Å². The van der Waals surface area contributed by atoms with Gasteiger partial charge in [0.2, 0.25) is 0 Å². The highest BCUT2D eigenvalue weighted by Gasteiger charge is 2.02. The molecule has 0 radical (unpaired) electrons. The summed E-state index contributed by atoms with van der Waals surface area (Å²) in [7, 11) is 0. The van der Waals surface area contributed by atoms with Crippen molar-refractivity contribution in [3.63, 3.8) is 0 Å². The van der Waals surface area contributed by atoms with Gasteiger partial charge in [0.1, 0.15) is 5.03 Å². The molecule has 0 fully saturated rings. The normalized spacial score (nSPS) is 10.5. The number of hydrogen-bond donors (Lipinski definition) is 0. The Hall–Kier alpha value is -0.800. The number of aromatic nitrogens is 1. The summed E-state index contributed by atoms with van der Waals surface area (Å²) in [4.78, 5) is 4.35. The van der Waals surface area contributed by atoms with E-state index in [1.807, 2.05) is 18.3 Å². The van der Waals surface area contributed by atoms with Crippen molar-refractivity contribution in [2.75, 3.05) is 0 Å². The number of aryl methyl sites for hydroxylation is 2. The lowest BCUT2D eigenvalue weighted by atomic mass is 10.1. The van der Waals surface area contributed by atoms with Crippen LogP contribution in [-0.4, -0.2) is 4.98 Å². The number of thioether (sulfide) groups is 1. The zero-order valence-corrected chi connectivity index (χ0v) is 12.3. The van der Waals surface area contributed by atoms with Crippen LogP contribution < -0.4 is 0 Å². The van der Waals surface area contributed by atoms with Crippen LogP contribution in [0.1, 0.15) is 16.7 Å². The number of nitrogens with zero attached hydrogens (tertiary/aromatic N) is 1. The fourth-order valence-electron chi connectivity index (χ4n) is 1.78. The molecule has 1 aromatic carbocycles. The molecule has 0 aliphatic heterocycles. The highest BCUT2D eigenvalue weighted by atomic mass is 79.9. The molecule has 0 unspecified atom stereocenters. The molecule has 2 rings (SSSR count). The summed E-state index contributed by atoms with van der Waals surface area (Å²) in [5.74, 6) is 0.956. The average molecular weight is 308 g/mol. The zero-order valence-electron chi connectivity index (χ0n) is 9.90. The van der Waals surface area contributed by atoms with Crippen molar-refractivity contribution in [3.05, 3.63) is 57.7 Å². The molecule has 0 saturated heterocycles. The first kappa shape index (κ1) is 12.7. The van der Waals surface area contributed by atoms with Crippen LogP contribution >= 0.6 is 27.7 Å². The number of halogens is 1. The quantitative estimate of drug-likeness (QED) is 0.759. The first-order valence-corrected chi connectivity index (χ1v) is 7.23. The Balaban J connectivity index is 2.10. The number of hydrogen-bond acceptors (Lipinski definition) is 2. The second-order valence-electron chi connectivity index (χ2n) is 4.08. The van der Waals surface area contributed by atoms with E-state index in [9.17, 15) is 0 Å². The van der Waals surface area contributed by atoms with Crippen LogP contribution in [0, 0.1) is 13.8 Å². The van der Waals surface area contributed by atoms with Gasteiger partial charge < -0.3 is 0 Å². The summed E-state index contributed by atoms with van der Waals surface area (Å²) >= 11 is 5.27. The van der Waals surface area contributed by atoms with Gasteiger partial charge in [-0.3, -0.25) is 0 Å². The van der Waals surface area contributed by atoms with Crippen molar-refractivity contribution in [2.45, 2.75) is 24.6 Å². The molecule has 0 saturated carbocycles. The highest BCUT2D eigenvalue weighted by molar-refractivity contribution is 9.10. The van der Waals surface area contributed by atoms with Gasteiger partial charge in [-0.25, -0.2) is 4.98 Å². The maximum Gasteiger partial charge on any atom is 0.110 e. The zero-order chi connectivity index (χ0) is 12.3. The Morgan fingerprint density at radius 1 is 1.18 bits per heavy atom. The van der Waals surface area contributed by atoms with Crippen LogP contribution in [0.3, 0.4) is 0 Å². The van der Waals surface area contributed by atoms with Gasteiger partial charge in [0.15, 0.2) is 0 Å². The van der Waals surface area contributed by atoms with Crippen LogP contribution in [0.15, 0.2) is 46.0 Å². The van der Waals surface area contributed by atoms with E-state index in [0.29, 0.717) is 0 Å². The van der Waals surface area contributed by atoms with Gasteiger partial charge in [-0.1, -0.05) is 29.3 Å². The minimum absolute atomic E-state index is 0.956. The first-order chi connectivity index (χ1) is 8.15. The third-order valence-electron chi connectivity index (χ3n) is 2.38. The molecule has 0 bridgehead atoms. The summed E-state index contributed by atoms with van der Waals surface area (Å²) in [6.45, 7) is 4.27. The van der Waals surface area contributed by atoms with Crippen molar-refractivity contribution in [3.8, 4) is 0 Å². The fraction of sp³-hybridized carbons (Fsp3) is 0.214. The minimum Gasteiger partial charge on any atom is -0.249 e.